The lowest BCUT2D eigenvalue weighted by molar-refractivity contribution is 0.0719. The Hall–Kier alpha value is -2.63. The number of carbonyl (C=O) groups is 1. The first-order valence-corrected chi connectivity index (χ1v) is 9.24. The normalized spacial score (nSPS) is 14.2. The maximum atomic E-state index is 13.7. The Labute approximate surface area is 151 Å². The first-order valence-electron chi connectivity index (χ1n) is 9.24. The molecule has 0 fully saturated rings. The highest BCUT2D eigenvalue weighted by atomic mass is 19.1. The number of amides is 1. The highest BCUT2D eigenvalue weighted by molar-refractivity contribution is 5.93. The average Bonchev–Trinajstić information content (AvgIpc) is 3.26. The van der Waals surface area contributed by atoms with Crippen LogP contribution in [0, 0.1) is 5.82 Å². The zero-order valence-electron chi connectivity index (χ0n) is 15.1. The molecule has 136 valence electrons. The molecule has 0 spiro atoms. The maximum Gasteiger partial charge on any atom is 0.272 e. The van der Waals surface area contributed by atoms with Crippen molar-refractivity contribution in [2.45, 2.75) is 45.7 Å². The quantitative estimate of drug-likeness (QED) is 0.768. The molecule has 2 aromatic heterocycles. The van der Waals surface area contributed by atoms with E-state index in [1.807, 2.05) is 9.58 Å². The molecule has 0 saturated carbocycles. The lowest BCUT2D eigenvalue weighted by Gasteiger charge is -2.28. The number of H-pyrrole nitrogens is 1. The van der Waals surface area contributed by atoms with E-state index in [2.05, 4.69) is 23.9 Å². The zero-order chi connectivity index (χ0) is 18.3. The summed E-state index contributed by atoms with van der Waals surface area (Å²) in [4.78, 5) is 18.3. The van der Waals surface area contributed by atoms with Gasteiger partial charge in [0.05, 0.1) is 6.04 Å². The number of nitrogens with one attached hydrogen (secondary N) is 1. The molecule has 0 atom stereocenters. The number of carbonyl (C=O) groups excluding carboxylic acids is 1. The molecule has 0 bridgehead atoms. The third-order valence-corrected chi connectivity index (χ3v) is 5.40. The van der Waals surface area contributed by atoms with Crippen LogP contribution >= 0.6 is 0 Å². The molecule has 1 aromatic carbocycles. The molecule has 0 saturated heterocycles. The van der Waals surface area contributed by atoms with Crippen LogP contribution in [-0.4, -0.2) is 32.1 Å². The van der Waals surface area contributed by atoms with Crippen LogP contribution in [-0.2, 0) is 13.0 Å². The van der Waals surface area contributed by atoms with Gasteiger partial charge in [-0.05, 0) is 37.1 Å². The summed E-state index contributed by atoms with van der Waals surface area (Å²) in [7, 11) is 0. The van der Waals surface area contributed by atoms with Crippen LogP contribution in [0.3, 0.4) is 0 Å². The van der Waals surface area contributed by atoms with Crippen LogP contribution in [0.5, 0.6) is 0 Å². The molecule has 5 nitrogen and oxygen atoms in total. The Balaban J connectivity index is 1.65. The molecule has 1 amide bonds. The van der Waals surface area contributed by atoms with Gasteiger partial charge in [0.15, 0.2) is 0 Å². The van der Waals surface area contributed by atoms with Gasteiger partial charge in [-0.25, -0.2) is 4.39 Å². The van der Waals surface area contributed by atoms with Gasteiger partial charge in [-0.1, -0.05) is 13.8 Å². The summed E-state index contributed by atoms with van der Waals surface area (Å²) in [5, 5.41) is 5.25. The molecule has 4 rings (SSSR count). The SMILES string of the molecule is CCC(CC)n1nccc1C(=O)N1CCc2[nH]c3ccc(F)cc3c2C1. The Kier molecular flexibility index (Phi) is 4.26. The fourth-order valence-corrected chi connectivity index (χ4v) is 3.93. The minimum atomic E-state index is -0.255. The summed E-state index contributed by atoms with van der Waals surface area (Å²) in [5.74, 6) is -0.264. The first-order chi connectivity index (χ1) is 12.6. The number of nitrogens with zero attached hydrogens (tertiary/aromatic N) is 3. The van der Waals surface area contributed by atoms with E-state index in [0.717, 1.165) is 41.4 Å². The summed E-state index contributed by atoms with van der Waals surface area (Å²) in [5.41, 5.74) is 3.68. The van der Waals surface area contributed by atoms with Crippen LogP contribution in [0.15, 0.2) is 30.5 Å². The Bertz CT molecular complexity index is 954. The standard InChI is InChI=1S/C20H23FN4O/c1-3-14(4-2)25-19(7-9-22-25)20(26)24-10-8-18-16(12-24)15-11-13(21)5-6-17(15)23-18/h5-7,9,11,14,23H,3-4,8,10,12H2,1-2H3. The first kappa shape index (κ1) is 16.8. The Morgan fingerprint density at radius 1 is 1.31 bits per heavy atom. The van der Waals surface area contributed by atoms with E-state index >= 15 is 0 Å². The van der Waals surface area contributed by atoms with Crippen molar-refractivity contribution in [2.24, 2.45) is 0 Å². The van der Waals surface area contributed by atoms with Crippen molar-refractivity contribution in [2.75, 3.05) is 6.54 Å². The van der Waals surface area contributed by atoms with Gasteiger partial charge in [-0.3, -0.25) is 9.48 Å². The molecule has 0 unspecified atom stereocenters. The minimum Gasteiger partial charge on any atom is -0.358 e. The lowest BCUT2D eigenvalue weighted by Crippen LogP contribution is -2.37. The van der Waals surface area contributed by atoms with Crippen molar-refractivity contribution >= 4 is 16.8 Å². The van der Waals surface area contributed by atoms with E-state index in [1.54, 1.807) is 24.4 Å². The third kappa shape index (κ3) is 2.69. The highest BCUT2D eigenvalue weighted by Gasteiger charge is 2.27. The predicted octanol–water partition coefficient (Wildman–Crippen LogP) is 4.06. The van der Waals surface area contributed by atoms with Gasteiger partial charge >= 0.3 is 0 Å². The van der Waals surface area contributed by atoms with Crippen molar-refractivity contribution in [3.05, 3.63) is 53.2 Å². The maximum absolute atomic E-state index is 13.7. The highest BCUT2D eigenvalue weighted by Crippen LogP contribution is 2.29. The van der Waals surface area contributed by atoms with E-state index < -0.39 is 0 Å². The van der Waals surface area contributed by atoms with Gasteiger partial charge in [0.1, 0.15) is 11.5 Å². The molecular formula is C20H23FN4O. The van der Waals surface area contributed by atoms with Crippen LogP contribution in [0.25, 0.3) is 10.9 Å². The van der Waals surface area contributed by atoms with Crippen molar-refractivity contribution in [1.29, 1.82) is 0 Å². The van der Waals surface area contributed by atoms with Gasteiger partial charge in [0.2, 0.25) is 0 Å². The molecule has 3 aromatic rings. The van der Waals surface area contributed by atoms with Crippen molar-refractivity contribution < 1.29 is 9.18 Å². The molecule has 6 heteroatoms. The van der Waals surface area contributed by atoms with Crippen LogP contribution < -0.4 is 0 Å². The summed E-state index contributed by atoms with van der Waals surface area (Å²) in [6.07, 6.45) is 4.31. The van der Waals surface area contributed by atoms with Gasteiger partial charge in [0.25, 0.3) is 5.91 Å². The second-order valence-electron chi connectivity index (χ2n) is 6.88. The largest absolute Gasteiger partial charge is 0.358 e. The molecule has 1 N–H and O–H groups in total. The average molecular weight is 354 g/mol. The molecule has 1 aliphatic heterocycles. The number of hydrogen-bond acceptors (Lipinski definition) is 2. The molecule has 0 radical (unpaired) electrons. The van der Waals surface area contributed by atoms with E-state index in [9.17, 15) is 9.18 Å². The molecule has 3 heterocycles. The number of aromatic amines is 1. The number of aromatic nitrogens is 3. The number of rotatable bonds is 4. The number of halogens is 1. The summed E-state index contributed by atoms with van der Waals surface area (Å²) in [6.45, 7) is 5.36. The van der Waals surface area contributed by atoms with E-state index in [1.165, 1.54) is 6.07 Å². The van der Waals surface area contributed by atoms with Crippen LogP contribution in [0.4, 0.5) is 4.39 Å². The topological polar surface area (TPSA) is 53.9 Å². The fourth-order valence-electron chi connectivity index (χ4n) is 3.93. The van der Waals surface area contributed by atoms with Gasteiger partial charge in [-0.15, -0.1) is 0 Å². The predicted molar refractivity (Wildman–Crippen MR) is 98.5 cm³/mol. The summed E-state index contributed by atoms with van der Waals surface area (Å²) >= 11 is 0. The molecular weight excluding hydrogens is 331 g/mol. The monoisotopic (exact) mass is 354 g/mol. The van der Waals surface area contributed by atoms with Crippen LogP contribution in [0.1, 0.15) is 54.5 Å². The van der Waals surface area contributed by atoms with Gasteiger partial charge < -0.3 is 9.88 Å². The smallest absolute Gasteiger partial charge is 0.272 e. The van der Waals surface area contributed by atoms with Gasteiger partial charge in [0, 0.05) is 47.9 Å². The van der Waals surface area contributed by atoms with Crippen molar-refractivity contribution in [3.63, 3.8) is 0 Å². The number of fused-ring (bicyclic) bond motifs is 3. The van der Waals surface area contributed by atoms with Gasteiger partial charge in [-0.2, -0.15) is 5.10 Å². The minimum absolute atomic E-state index is 0.00852. The second kappa shape index (κ2) is 6.59. The fraction of sp³-hybridized carbons (Fsp3) is 0.400. The Morgan fingerprint density at radius 3 is 2.88 bits per heavy atom. The van der Waals surface area contributed by atoms with Crippen molar-refractivity contribution in [1.82, 2.24) is 19.7 Å². The number of benzene rings is 1. The second-order valence-corrected chi connectivity index (χ2v) is 6.88. The Morgan fingerprint density at radius 2 is 2.12 bits per heavy atom. The zero-order valence-corrected chi connectivity index (χ0v) is 15.1. The summed E-state index contributed by atoms with van der Waals surface area (Å²) < 4.78 is 15.5. The molecule has 1 aliphatic rings. The summed E-state index contributed by atoms with van der Waals surface area (Å²) in [6, 6.07) is 6.79. The van der Waals surface area contributed by atoms with E-state index in [4.69, 9.17) is 0 Å². The molecule has 0 aliphatic carbocycles. The number of hydrogen-bond donors (Lipinski definition) is 1. The lowest BCUT2D eigenvalue weighted by atomic mass is 10.0. The van der Waals surface area contributed by atoms with E-state index in [0.29, 0.717) is 18.8 Å². The third-order valence-electron chi connectivity index (χ3n) is 5.40. The molecule has 26 heavy (non-hydrogen) atoms. The van der Waals surface area contributed by atoms with Crippen molar-refractivity contribution in [3.8, 4) is 0 Å². The van der Waals surface area contributed by atoms with Crippen LogP contribution in [0.2, 0.25) is 0 Å². The van der Waals surface area contributed by atoms with E-state index in [-0.39, 0.29) is 17.8 Å².